The van der Waals surface area contributed by atoms with Crippen molar-refractivity contribution in [3.63, 3.8) is 0 Å². The molecule has 25 heteroatoms. The standard InChI is InChI=1S/C25H29ClN8O4.C25H31ClN8O2.C4H8O.CH4/c1-31(2)7-8-32(3)20-12-23(38-6)18(11-21(20)34(35)36)29-25-28-14-27-24(30-25)16-13-33(4)19-10-17(26)22(37-5)9-15(16)19;1-32(2)7-8-33(3)21-12-23(36-6)19(11-18(21)27)30-25-29-14-28-24(31-25)16-13-34(4)20-10-17(26)22(35-5)9-15(16)20;1-2-4-5-3-1;/h9-14H,7-8H2,1-6H3,(H,27,28,29,30);9-14H,7-8,27H2,1-6H3,(H,28,29,30,31);1-4H2;1H4. The van der Waals surface area contributed by atoms with Gasteiger partial charge < -0.3 is 68.8 Å². The number of ether oxygens (including phenoxy) is 5. The summed E-state index contributed by atoms with van der Waals surface area (Å²) in [5.74, 6) is 3.64. The number of rotatable bonds is 19. The van der Waals surface area contributed by atoms with E-state index in [9.17, 15) is 10.1 Å². The largest absolute Gasteiger partial charge is 0.495 e. The van der Waals surface area contributed by atoms with Crippen LogP contribution in [-0.2, 0) is 18.8 Å². The minimum Gasteiger partial charge on any atom is -0.495 e. The zero-order valence-corrected chi connectivity index (χ0v) is 48.1. The zero-order chi connectivity index (χ0) is 57.1. The summed E-state index contributed by atoms with van der Waals surface area (Å²) in [7, 11) is 21.9. The Labute approximate surface area is 476 Å². The monoisotopic (exact) mass is 1140 g/mol. The normalized spacial score (nSPS) is 11.8. The van der Waals surface area contributed by atoms with E-state index in [1.807, 2.05) is 124 Å². The third kappa shape index (κ3) is 14.6. The number of aromatic nitrogens is 8. The maximum atomic E-state index is 11.9. The zero-order valence-electron chi connectivity index (χ0n) is 46.6. The molecule has 0 aliphatic carbocycles. The Kier molecular flexibility index (Phi) is 21.3. The molecule has 5 heterocycles. The van der Waals surface area contributed by atoms with E-state index in [1.165, 1.54) is 38.7 Å². The molecule has 0 radical (unpaired) electrons. The van der Waals surface area contributed by atoms with E-state index >= 15 is 0 Å². The first-order chi connectivity index (χ1) is 37.8. The molecule has 0 saturated carbocycles. The second kappa shape index (κ2) is 27.8. The maximum absolute atomic E-state index is 11.9. The minimum absolute atomic E-state index is 0. The van der Waals surface area contributed by atoms with E-state index in [2.05, 4.69) is 50.3 Å². The van der Waals surface area contributed by atoms with Gasteiger partial charge in [-0.05, 0) is 71.4 Å². The van der Waals surface area contributed by atoms with E-state index in [0.717, 1.165) is 71.5 Å². The van der Waals surface area contributed by atoms with Crippen molar-refractivity contribution < 1.29 is 28.6 Å². The highest BCUT2D eigenvalue weighted by Gasteiger charge is 2.24. The summed E-state index contributed by atoms with van der Waals surface area (Å²) < 4.78 is 30.8. The highest BCUT2D eigenvalue weighted by Crippen LogP contribution is 2.41. The van der Waals surface area contributed by atoms with Crippen LogP contribution in [0.2, 0.25) is 10.0 Å². The molecule has 0 spiro atoms. The van der Waals surface area contributed by atoms with Crippen molar-refractivity contribution in [3.8, 4) is 45.8 Å². The molecule has 4 aromatic heterocycles. The van der Waals surface area contributed by atoms with Crippen LogP contribution in [0.3, 0.4) is 0 Å². The molecule has 0 unspecified atom stereocenters. The summed E-state index contributed by atoms with van der Waals surface area (Å²) in [6, 6.07) is 14.2. The summed E-state index contributed by atoms with van der Waals surface area (Å²) in [4.78, 5) is 46.1. The Bertz CT molecular complexity index is 3400. The first kappa shape index (κ1) is 61.3. The molecule has 4 N–H and O–H groups in total. The maximum Gasteiger partial charge on any atom is 0.294 e. The van der Waals surface area contributed by atoms with Crippen molar-refractivity contribution in [1.82, 2.24) is 48.8 Å². The Morgan fingerprint density at radius 3 is 1.45 bits per heavy atom. The van der Waals surface area contributed by atoms with E-state index in [-0.39, 0.29) is 19.1 Å². The van der Waals surface area contributed by atoms with Crippen molar-refractivity contribution >= 4 is 91.0 Å². The third-order valence-electron chi connectivity index (χ3n) is 12.9. The van der Waals surface area contributed by atoms with Crippen LogP contribution in [0.5, 0.6) is 23.0 Å². The molecule has 0 atom stereocenters. The van der Waals surface area contributed by atoms with Crippen molar-refractivity contribution in [2.45, 2.75) is 20.3 Å². The van der Waals surface area contributed by atoms with Crippen molar-refractivity contribution in [1.29, 1.82) is 0 Å². The molecule has 1 fully saturated rings. The van der Waals surface area contributed by atoms with Gasteiger partial charge in [-0.2, -0.15) is 9.97 Å². The number of nitrogens with zero attached hydrogens (tertiary/aromatic N) is 13. The number of nitro benzene ring substituents is 1. The topological polar surface area (TPSA) is 240 Å². The lowest BCUT2D eigenvalue weighted by molar-refractivity contribution is -0.384. The molecule has 8 aromatic rings. The van der Waals surface area contributed by atoms with E-state index in [1.54, 1.807) is 27.4 Å². The number of nitro groups is 1. The fourth-order valence-corrected chi connectivity index (χ4v) is 9.03. The lowest BCUT2D eigenvalue weighted by atomic mass is 10.1. The number of likely N-dealkylation sites (N-methyl/N-ethyl adjacent to an activating group) is 4. The average molecular weight is 1140 g/mol. The minimum atomic E-state index is -0.417. The fourth-order valence-electron chi connectivity index (χ4n) is 8.56. The Morgan fingerprint density at radius 2 is 1.05 bits per heavy atom. The van der Waals surface area contributed by atoms with E-state index in [0.29, 0.717) is 79.9 Å². The number of nitrogen functional groups attached to an aromatic ring is 1. The van der Waals surface area contributed by atoms with Crippen molar-refractivity contribution in [2.24, 2.45) is 14.1 Å². The molecule has 4 aromatic carbocycles. The van der Waals surface area contributed by atoms with Gasteiger partial charge >= 0.3 is 0 Å². The second-order valence-electron chi connectivity index (χ2n) is 19.0. The van der Waals surface area contributed by atoms with E-state index < -0.39 is 4.92 Å². The molecule has 1 aliphatic rings. The van der Waals surface area contributed by atoms with Gasteiger partial charge in [-0.1, -0.05) is 30.6 Å². The number of fused-ring (bicyclic) bond motifs is 2. The van der Waals surface area contributed by atoms with Gasteiger partial charge in [0.1, 0.15) is 41.3 Å². The number of methoxy groups -OCH3 is 4. The SMILES string of the molecule is C.C1CCOC1.COc1cc2c(-c3ncnc(Nc4cc(N)c(N(C)CCN(C)C)cc4OC)n3)cn(C)c2cc1Cl.COc1cc2c(-c3ncnc(Nc4cc([N+](=O)[O-])c(N(C)CCN(C)C)cc4OC)n3)cn(C)c2cc1Cl. The summed E-state index contributed by atoms with van der Waals surface area (Å²) in [5, 5.41) is 21.0. The van der Waals surface area contributed by atoms with Crippen LogP contribution in [0.25, 0.3) is 44.6 Å². The second-order valence-corrected chi connectivity index (χ2v) is 19.8. The van der Waals surface area contributed by atoms with Gasteiger partial charge in [0.25, 0.3) is 5.69 Å². The Morgan fingerprint density at radius 1 is 0.625 bits per heavy atom. The average Bonchev–Trinajstić information content (AvgIpc) is 4.20. The number of hydrogen-bond donors (Lipinski definition) is 3. The van der Waals surface area contributed by atoms with Gasteiger partial charge in [-0.25, -0.2) is 19.9 Å². The number of aryl methyl sites for hydroxylation is 2. The Hall–Kier alpha value is -7.96. The van der Waals surface area contributed by atoms with Crippen LogP contribution in [0.1, 0.15) is 20.3 Å². The number of hydrogen-bond acceptors (Lipinski definition) is 20. The first-order valence-corrected chi connectivity index (χ1v) is 25.8. The number of nitrogens with two attached hydrogens (primary N) is 1. The predicted molar refractivity (Wildman–Crippen MR) is 321 cm³/mol. The summed E-state index contributed by atoms with van der Waals surface area (Å²) in [5.41, 5.74) is 12.7. The molecule has 23 nitrogen and oxygen atoms in total. The smallest absolute Gasteiger partial charge is 0.294 e. The van der Waals surface area contributed by atoms with Crippen molar-refractivity contribution in [3.05, 3.63) is 93.7 Å². The molecule has 0 amide bonds. The highest BCUT2D eigenvalue weighted by atomic mass is 35.5. The molecule has 1 aliphatic heterocycles. The lowest BCUT2D eigenvalue weighted by Crippen LogP contribution is -2.29. The lowest BCUT2D eigenvalue weighted by Gasteiger charge is -2.24. The molecule has 0 bridgehead atoms. The fraction of sp³-hybridized carbons (Fsp3) is 0.382. The Balaban J connectivity index is 0.000000234. The van der Waals surface area contributed by atoms with Gasteiger partial charge in [0, 0.05) is 120 Å². The third-order valence-corrected chi connectivity index (χ3v) is 13.5. The van der Waals surface area contributed by atoms with Crippen LogP contribution in [0.4, 0.5) is 46.0 Å². The molecule has 428 valence electrons. The number of halogens is 2. The molecule has 9 rings (SSSR count). The molecular formula is C55H72Cl2N16O7. The van der Waals surface area contributed by atoms with Gasteiger partial charge in [-0.3, -0.25) is 10.1 Å². The molecule has 80 heavy (non-hydrogen) atoms. The van der Waals surface area contributed by atoms with E-state index in [4.69, 9.17) is 52.6 Å². The molecular weight excluding hydrogens is 1070 g/mol. The predicted octanol–water partition coefficient (Wildman–Crippen LogP) is 9.81. The van der Waals surface area contributed by atoms with Crippen LogP contribution in [0.15, 0.2) is 73.6 Å². The number of anilines is 7. The quantitative estimate of drug-likeness (QED) is 0.0388. The van der Waals surface area contributed by atoms with Gasteiger partial charge in [-0.15, -0.1) is 0 Å². The highest BCUT2D eigenvalue weighted by molar-refractivity contribution is 6.33. The number of benzene rings is 4. The van der Waals surface area contributed by atoms with Gasteiger partial charge in [0.2, 0.25) is 11.9 Å². The van der Waals surface area contributed by atoms with Crippen LogP contribution >= 0.6 is 23.2 Å². The van der Waals surface area contributed by atoms with Gasteiger partial charge in [0.05, 0.1) is 77.2 Å². The summed E-state index contributed by atoms with van der Waals surface area (Å²) >= 11 is 12.6. The van der Waals surface area contributed by atoms with Crippen LogP contribution < -0.4 is 45.1 Å². The van der Waals surface area contributed by atoms with Crippen molar-refractivity contribution in [2.75, 3.05) is 136 Å². The van der Waals surface area contributed by atoms with Crippen LogP contribution in [0, 0.1) is 10.1 Å². The number of nitrogens with one attached hydrogen (secondary N) is 2. The first-order valence-electron chi connectivity index (χ1n) is 25.1. The van der Waals surface area contributed by atoms with Gasteiger partial charge in [0.15, 0.2) is 11.6 Å². The van der Waals surface area contributed by atoms with Crippen LogP contribution in [-0.4, -0.2) is 164 Å². The molecule has 1 saturated heterocycles. The summed E-state index contributed by atoms with van der Waals surface area (Å²) in [6.45, 7) is 5.06. The summed E-state index contributed by atoms with van der Waals surface area (Å²) in [6.07, 6.45) is 9.25.